The van der Waals surface area contributed by atoms with Crippen LogP contribution in [0.1, 0.15) is 46.1 Å². The summed E-state index contributed by atoms with van der Waals surface area (Å²) in [7, 11) is 1.77. The molecular weight excluding hydrogens is 260 g/mol. The summed E-state index contributed by atoms with van der Waals surface area (Å²) in [6, 6.07) is 8.91. The summed E-state index contributed by atoms with van der Waals surface area (Å²) in [6.07, 6.45) is 2.36. The van der Waals surface area contributed by atoms with E-state index in [0.29, 0.717) is 6.04 Å². The molecule has 1 aromatic rings. The first-order chi connectivity index (χ1) is 9.94. The van der Waals surface area contributed by atoms with Crippen LogP contribution in [0.3, 0.4) is 0 Å². The zero-order chi connectivity index (χ0) is 15.9. The SMILES string of the molecule is CCC(CC)N(CCOC)CC(C)(C)c1ccc(N)cc1. The maximum absolute atomic E-state index is 5.80. The largest absolute Gasteiger partial charge is 0.399 e. The Bertz CT molecular complexity index is 396. The third-order valence-electron chi connectivity index (χ3n) is 4.33. The molecule has 120 valence electrons. The van der Waals surface area contributed by atoms with Crippen LogP contribution in [0.25, 0.3) is 0 Å². The predicted molar refractivity (Wildman–Crippen MR) is 91.7 cm³/mol. The molecule has 0 radical (unpaired) electrons. The second-order valence-electron chi connectivity index (χ2n) is 6.44. The number of nitrogens with zero attached hydrogens (tertiary/aromatic N) is 1. The molecule has 0 aliphatic carbocycles. The first-order valence-corrected chi connectivity index (χ1v) is 8.03. The Labute approximate surface area is 130 Å². The Kier molecular flexibility index (Phi) is 7.20. The molecular formula is C18H32N2O. The summed E-state index contributed by atoms with van der Waals surface area (Å²) in [6.45, 7) is 12.0. The zero-order valence-corrected chi connectivity index (χ0v) is 14.4. The number of benzene rings is 1. The van der Waals surface area contributed by atoms with Crippen LogP contribution in [0.15, 0.2) is 24.3 Å². The minimum absolute atomic E-state index is 0.101. The van der Waals surface area contributed by atoms with Crippen molar-refractivity contribution in [2.24, 2.45) is 0 Å². The Hall–Kier alpha value is -1.06. The van der Waals surface area contributed by atoms with Crippen molar-refractivity contribution < 1.29 is 4.74 Å². The minimum Gasteiger partial charge on any atom is -0.399 e. The molecule has 0 aliphatic rings. The van der Waals surface area contributed by atoms with E-state index in [1.54, 1.807) is 7.11 Å². The van der Waals surface area contributed by atoms with Crippen molar-refractivity contribution >= 4 is 5.69 Å². The lowest BCUT2D eigenvalue weighted by molar-refractivity contribution is 0.0989. The van der Waals surface area contributed by atoms with Crippen molar-refractivity contribution in [3.63, 3.8) is 0 Å². The third kappa shape index (κ3) is 5.33. The Morgan fingerprint density at radius 1 is 1.14 bits per heavy atom. The van der Waals surface area contributed by atoms with E-state index in [4.69, 9.17) is 10.5 Å². The van der Waals surface area contributed by atoms with Crippen LogP contribution in [0.2, 0.25) is 0 Å². The van der Waals surface area contributed by atoms with Gasteiger partial charge in [0, 0.05) is 37.3 Å². The second kappa shape index (κ2) is 8.40. The fourth-order valence-corrected chi connectivity index (χ4v) is 2.94. The maximum Gasteiger partial charge on any atom is 0.0589 e. The number of rotatable bonds is 9. The zero-order valence-electron chi connectivity index (χ0n) is 14.4. The number of hydrogen-bond acceptors (Lipinski definition) is 3. The van der Waals surface area contributed by atoms with Gasteiger partial charge >= 0.3 is 0 Å². The lowest BCUT2D eigenvalue weighted by atomic mass is 9.83. The fourth-order valence-electron chi connectivity index (χ4n) is 2.94. The number of nitrogens with two attached hydrogens (primary N) is 1. The number of methoxy groups -OCH3 is 1. The van der Waals surface area contributed by atoms with Gasteiger partial charge in [-0.1, -0.05) is 39.8 Å². The van der Waals surface area contributed by atoms with Gasteiger partial charge in [0.25, 0.3) is 0 Å². The minimum atomic E-state index is 0.101. The first-order valence-electron chi connectivity index (χ1n) is 8.03. The number of hydrogen-bond donors (Lipinski definition) is 1. The third-order valence-corrected chi connectivity index (χ3v) is 4.33. The van der Waals surface area contributed by atoms with Gasteiger partial charge in [-0.15, -0.1) is 0 Å². The lowest BCUT2D eigenvalue weighted by Crippen LogP contribution is -2.44. The van der Waals surface area contributed by atoms with Crippen LogP contribution in [0.4, 0.5) is 5.69 Å². The number of anilines is 1. The quantitative estimate of drug-likeness (QED) is 0.706. The highest BCUT2D eigenvalue weighted by molar-refractivity contribution is 5.41. The Morgan fingerprint density at radius 3 is 2.19 bits per heavy atom. The van der Waals surface area contributed by atoms with Gasteiger partial charge in [0.2, 0.25) is 0 Å². The van der Waals surface area contributed by atoms with Crippen LogP contribution in [0, 0.1) is 0 Å². The van der Waals surface area contributed by atoms with Crippen LogP contribution < -0.4 is 5.73 Å². The fraction of sp³-hybridized carbons (Fsp3) is 0.667. The van der Waals surface area contributed by atoms with Crippen molar-refractivity contribution in [1.82, 2.24) is 4.90 Å². The highest BCUT2D eigenvalue weighted by Gasteiger charge is 2.26. The van der Waals surface area contributed by atoms with E-state index in [0.717, 1.165) is 25.4 Å². The molecule has 0 aromatic heterocycles. The van der Waals surface area contributed by atoms with Crippen molar-refractivity contribution in [3.8, 4) is 0 Å². The van der Waals surface area contributed by atoms with Crippen LogP contribution in [-0.2, 0) is 10.2 Å². The number of ether oxygens (including phenoxy) is 1. The molecule has 0 atom stereocenters. The molecule has 0 saturated carbocycles. The molecule has 0 saturated heterocycles. The molecule has 0 amide bonds. The van der Waals surface area contributed by atoms with Gasteiger partial charge in [-0.05, 0) is 30.5 Å². The number of nitrogen functional groups attached to an aromatic ring is 1. The van der Waals surface area contributed by atoms with Crippen LogP contribution in [-0.4, -0.2) is 37.7 Å². The van der Waals surface area contributed by atoms with Gasteiger partial charge < -0.3 is 10.5 Å². The predicted octanol–water partition coefficient (Wildman–Crippen LogP) is 3.68. The van der Waals surface area contributed by atoms with E-state index in [-0.39, 0.29) is 5.41 Å². The molecule has 0 spiro atoms. The lowest BCUT2D eigenvalue weighted by Gasteiger charge is -2.37. The van der Waals surface area contributed by atoms with Gasteiger partial charge in [0.05, 0.1) is 6.61 Å². The second-order valence-corrected chi connectivity index (χ2v) is 6.44. The summed E-state index contributed by atoms with van der Waals surface area (Å²) < 4.78 is 5.29. The smallest absolute Gasteiger partial charge is 0.0589 e. The molecule has 0 fully saturated rings. The summed E-state index contributed by atoms with van der Waals surface area (Å²) in [5, 5.41) is 0. The van der Waals surface area contributed by atoms with Crippen LogP contribution >= 0.6 is 0 Å². The van der Waals surface area contributed by atoms with E-state index in [9.17, 15) is 0 Å². The molecule has 0 unspecified atom stereocenters. The standard InChI is InChI=1S/C18H32N2O/c1-6-17(7-2)20(12-13-21-5)14-18(3,4)15-8-10-16(19)11-9-15/h8-11,17H,6-7,12-14,19H2,1-5H3. The highest BCUT2D eigenvalue weighted by Crippen LogP contribution is 2.26. The molecule has 3 nitrogen and oxygen atoms in total. The molecule has 3 heteroatoms. The Balaban J connectivity index is 2.86. The van der Waals surface area contributed by atoms with Gasteiger partial charge in [-0.25, -0.2) is 0 Å². The topological polar surface area (TPSA) is 38.5 Å². The molecule has 1 aromatic carbocycles. The average molecular weight is 292 g/mol. The van der Waals surface area contributed by atoms with Crippen molar-refractivity contribution in [2.75, 3.05) is 32.5 Å². The first kappa shape index (κ1) is 18.0. The van der Waals surface area contributed by atoms with Gasteiger partial charge in [0.1, 0.15) is 0 Å². The molecule has 0 bridgehead atoms. The van der Waals surface area contributed by atoms with E-state index in [2.05, 4.69) is 44.7 Å². The van der Waals surface area contributed by atoms with E-state index < -0.39 is 0 Å². The summed E-state index contributed by atoms with van der Waals surface area (Å²) in [4.78, 5) is 2.57. The molecule has 1 rings (SSSR count). The van der Waals surface area contributed by atoms with Gasteiger partial charge in [-0.3, -0.25) is 4.90 Å². The monoisotopic (exact) mass is 292 g/mol. The van der Waals surface area contributed by atoms with Crippen LogP contribution in [0.5, 0.6) is 0 Å². The van der Waals surface area contributed by atoms with E-state index in [1.165, 1.54) is 18.4 Å². The molecule has 0 aliphatic heterocycles. The van der Waals surface area contributed by atoms with Crippen molar-refractivity contribution in [2.45, 2.75) is 52.0 Å². The summed E-state index contributed by atoms with van der Waals surface area (Å²) in [5.41, 5.74) is 8.07. The van der Waals surface area contributed by atoms with E-state index in [1.807, 2.05) is 12.1 Å². The average Bonchev–Trinajstić information content (AvgIpc) is 2.46. The van der Waals surface area contributed by atoms with Crippen molar-refractivity contribution in [1.29, 1.82) is 0 Å². The molecule has 0 heterocycles. The van der Waals surface area contributed by atoms with Gasteiger partial charge in [-0.2, -0.15) is 0 Å². The molecule has 2 N–H and O–H groups in total. The highest BCUT2D eigenvalue weighted by atomic mass is 16.5. The maximum atomic E-state index is 5.80. The summed E-state index contributed by atoms with van der Waals surface area (Å²) >= 11 is 0. The normalized spacial score (nSPS) is 12.3. The summed E-state index contributed by atoms with van der Waals surface area (Å²) in [5.74, 6) is 0. The van der Waals surface area contributed by atoms with Gasteiger partial charge in [0.15, 0.2) is 0 Å². The molecule has 21 heavy (non-hydrogen) atoms. The van der Waals surface area contributed by atoms with E-state index >= 15 is 0 Å². The Morgan fingerprint density at radius 2 is 1.71 bits per heavy atom. The van der Waals surface area contributed by atoms with Crippen molar-refractivity contribution in [3.05, 3.63) is 29.8 Å².